The molecular weight excluding hydrogens is 248 g/mol. The Balaban J connectivity index is 2.11. The van der Waals surface area contributed by atoms with E-state index < -0.39 is 4.92 Å². The third kappa shape index (κ3) is 3.17. The minimum absolute atomic E-state index is 0.0275. The van der Waals surface area contributed by atoms with Gasteiger partial charge in [0.15, 0.2) is 0 Å². The van der Waals surface area contributed by atoms with Crippen molar-refractivity contribution >= 4 is 5.69 Å². The van der Waals surface area contributed by atoms with Crippen LogP contribution >= 0.6 is 0 Å². The molecule has 100 valence electrons. The third-order valence-corrected chi connectivity index (χ3v) is 3.11. The van der Waals surface area contributed by atoms with Crippen molar-refractivity contribution in [3.8, 4) is 11.9 Å². The predicted molar refractivity (Wildman–Crippen MR) is 66.7 cm³/mol. The number of nitro groups is 1. The van der Waals surface area contributed by atoms with E-state index in [1.54, 1.807) is 6.07 Å². The van der Waals surface area contributed by atoms with Gasteiger partial charge in [0, 0.05) is 6.20 Å². The summed E-state index contributed by atoms with van der Waals surface area (Å²) in [5, 5.41) is 23.1. The van der Waals surface area contributed by atoms with E-state index >= 15 is 0 Å². The van der Waals surface area contributed by atoms with Gasteiger partial charge in [-0.2, -0.15) is 5.26 Å². The molecule has 7 nitrogen and oxygen atoms in total. The zero-order valence-corrected chi connectivity index (χ0v) is 10.3. The molecule has 1 aromatic rings. The molecule has 0 saturated carbocycles. The molecule has 0 spiro atoms. The van der Waals surface area contributed by atoms with Crippen molar-refractivity contribution in [2.75, 3.05) is 19.7 Å². The Hall–Kier alpha value is -2.20. The van der Waals surface area contributed by atoms with Gasteiger partial charge >= 0.3 is 5.69 Å². The van der Waals surface area contributed by atoms with Crippen molar-refractivity contribution in [3.05, 3.63) is 27.9 Å². The molecule has 1 saturated heterocycles. The standard InChI is InChI=1S/C12H14N4O3/c13-7-10-3-6-15-12(11(10)16(17)18)19-8-9-1-4-14-5-2-9/h3,6,9,14H,1-2,4-5,8H2. The number of nitriles is 1. The summed E-state index contributed by atoms with van der Waals surface area (Å²) in [5.74, 6) is 0.302. The second kappa shape index (κ2) is 6.11. The average molecular weight is 262 g/mol. The van der Waals surface area contributed by atoms with Crippen molar-refractivity contribution in [2.45, 2.75) is 12.8 Å². The van der Waals surface area contributed by atoms with Gasteiger partial charge in [0.1, 0.15) is 11.6 Å². The second-order valence-electron chi connectivity index (χ2n) is 4.39. The molecular formula is C12H14N4O3. The summed E-state index contributed by atoms with van der Waals surface area (Å²) in [7, 11) is 0. The molecule has 1 N–H and O–H groups in total. The molecule has 0 aromatic carbocycles. The Morgan fingerprint density at radius 1 is 1.58 bits per heavy atom. The summed E-state index contributed by atoms with van der Waals surface area (Å²) in [6, 6.07) is 3.10. The molecule has 0 bridgehead atoms. The maximum absolute atomic E-state index is 11.0. The Morgan fingerprint density at radius 3 is 2.95 bits per heavy atom. The fourth-order valence-electron chi connectivity index (χ4n) is 2.05. The lowest BCUT2D eigenvalue weighted by atomic mass is 9.99. The first-order chi connectivity index (χ1) is 9.22. The lowest BCUT2D eigenvalue weighted by molar-refractivity contribution is -0.386. The zero-order chi connectivity index (χ0) is 13.7. The van der Waals surface area contributed by atoms with Crippen LogP contribution in [0.1, 0.15) is 18.4 Å². The quantitative estimate of drug-likeness (QED) is 0.647. The summed E-state index contributed by atoms with van der Waals surface area (Å²) in [5.41, 5.74) is -0.376. The highest BCUT2D eigenvalue weighted by Crippen LogP contribution is 2.28. The van der Waals surface area contributed by atoms with E-state index in [4.69, 9.17) is 10.00 Å². The van der Waals surface area contributed by atoms with E-state index in [0.29, 0.717) is 12.5 Å². The summed E-state index contributed by atoms with van der Waals surface area (Å²) >= 11 is 0. The number of hydrogen-bond donors (Lipinski definition) is 1. The van der Waals surface area contributed by atoms with Crippen LogP contribution in [0, 0.1) is 27.4 Å². The summed E-state index contributed by atoms with van der Waals surface area (Å²) in [6.07, 6.45) is 3.31. The molecule has 2 heterocycles. The number of pyridine rings is 1. The van der Waals surface area contributed by atoms with Gasteiger partial charge in [-0.1, -0.05) is 0 Å². The number of nitrogens with zero attached hydrogens (tertiary/aromatic N) is 3. The van der Waals surface area contributed by atoms with Crippen LogP contribution < -0.4 is 10.1 Å². The monoisotopic (exact) mass is 262 g/mol. The largest absolute Gasteiger partial charge is 0.472 e. The van der Waals surface area contributed by atoms with E-state index in [1.807, 2.05) is 0 Å². The Bertz CT molecular complexity index is 506. The molecule has 1 aliphatic rings. The molecule has 0 unspecified atom stereocenters. The minimum atomic E-state index is -0.622. The van der Waals surface area contributed by atoms with E-state index in [9.17, 15) is 10.1 Å². The van der Waals surface area contributed by atoms with Crippen molar-refractivity contribution in [3.63, 3.8) is 0 Å². The molecule has 0 aliphatic carbocycles. The number of aromatic nitrogens is 1. The molecule has 1 fully saturated rings. The fraction of sp³-hybridized carbons (Fsp3) is 0.500. The van der Waals surface area contributed by atoms with Crippen molar-refractivity contribution < 1.29 is 9.66 Å². The second-order valence-corrected chi connectivity index (χ2v) is 4.39. The zero-order valence-electron chi connectivity index (χ0n) is 10.3. The summed E-state index contributed by atoms with van der Waals surface area (Å²) < 4.78 is 5.45. The van der Waals surface area contributed by atoms with Crippen LogP contribution in [0.4, 0.5) is 5.69 Å². The Labute approximate surface area is 110 Å². The Morgan fingerprint density at radius 2 is 2.32 bits per heavy atom. The van der Waals surface area contributed by atoms with E-state index in [2.05, 4.69) is 10.3 Å². The fourth-order valence-corrected chi connectivity index (χ4v) is 2.05. The Kier molecular flexibility index (Phi) is 4.26. The highest BCUT2D eigenvalue weighted by Gasteiger charge is 2.24. The average Bonchev–Trinajstić information content (AvgIpc) is 2.45. The van der Waals surface area contributed by atoms with Gasteiger partial charge in [-0.25, -0.2) is 4.98 Å². The van der Waals surface area contributed by atoms with Crippen LogP contribution in [0.15, 0.2) is 12.3 Å². The van der Waals surface area contributed by atoms with Gasteiger partial charge in [-0.15, -0.1) is 0 Å². The predicted octanol–water partition coefficient (Wildman–Crippen LogP) is 1.24. The summed E-state index contributed by atoms with van der Waals surface area (Å²) in [4.78, 5) is 14.2. The normalized spacial score (nSPS) is 15.7. The molecule has 0 amide bonds. The lowest BCUT2D eigenvalue weighted by Crippen LogP contribution is -2.30. The topological polar surface area (TPSA) is 101 Å². The summed E-state index contributed by atoms with van der Waals surface area (Å²) in [6.45, 7) is 2.26. The number of ether oxygens (including phenoxy) is 1. The van der Waals surface area contributed by atoms with Gasteiger partial charge < -0.3 is 10.1 Å². The highest BCUT2D eigenvalue weighted by atomic mass is 16.6. The van der Waals surface area contributed by atoms with Gasteiger partial charge in [0.2, 0.25) is 0 Å². The smallest absolute Gasteiger partial charge is 0.348 e. The number of nitrogens with one attached hydrogen (secondary N) is 1. The van der Waals surface area contributed by atoms with Crippen LogP contribution in [0.3, 0.4) is 0 Å². The molecule has 19 heavy (non-hydrogen) atoms. The van der Waals surface area contributed by atoms with Crippen LogP contribution in [-0.2, 0) is 0 Å². The third-order valence-electron chi connectivity index (χ3n) is 3.11. The SMILES string of the molecule is N#Cc1ccnc(OCC2CCNCC2)c1[N+](=O)[O-]. The molecule has 7 heteroatoms. The van der Waals surface area contributed by atoms with Crippen LogP contribution in [0.2, 0.25) is 0 Å². The lowest BCUT2D eigenvalue weighted by Gasteiger charge is -2.22. The van der Waals surface area contributed by atoms with Crippen molar-refractivity contribution in [1.82, 2.24) is 10.3 Å². The minimum Gasteiger partial charge on any atom is -0.472 e. The maximum Gasteiger partial charge on any atom is 0.348 e. The van der Waals surface area contributed by atoms with Crippen molar-refractivity contribution in [1.29, 1.82) is 5.26 Å². The number of hydrogen-bond acceptors (Lipinski definition) is 6. The van der Waals surface area contributed by atoms with E-state index in [1.165, 1.54) is 12.3 Å². The first-order valence-corrected chi connectivity index (χ1v) is 6.09. The maximum atomic E-state index is 11.0. The van der Waals surface area contributed by atoms with Gasteiger partial charge in [0.05, 0.1) is 11.5 Å². The first-order valence-electron chi connectivity index (χ1n) is 6.09. The molecule has 0 radical (unpaired) electrons. The number of rotatable bonds is 4. The van der Waals surface area contributed by atoms with Crippen molar-refractivity contribution in [2.24, 2.45) is 5.92 Å². The van der Waals surface area contributed by atoms with Crippen LogP contribution in [0.5, 0.6) is 5.88 Å². The molecule has 0 atom stereocenters. The highest BCUT2D eigenvalue weighted by molar-refractivity contribution is 5.54. The van der Waals surface area contributed by atoms with Crippen LogP contribution in [-0.4, -0.2) is 29.6 Å². The molecule has 2 rings (SSSR count). The van der Waals surface area contributed by atoms with Gasteiger partial charge in [-0.3, -0.25) is 10.1 Å². The van der Waals surface area contributed by atoms with E-state index in [-0.39, 0.29) is 17.1 Å². The van der Waals surface area contributed by atoms with Gasteiger partial charge in [-0.05, 0) is 37.9 Å². The first kappa shape index (κ1) is 13.2. The van der Waals surface area contributed by atoms with E-state index in [0.717, 1.165) is 25.9 Å². The van der Waals surface area contributed by atoms with Crippen LogP contribution in [0.25, 0.3) is 0 Å². The molecule has 1 aromatic heterocycles. The number of piperidine rings is 1. The molecule has 1 aliphatic heterocycles. The van der Waals surface area contributed by atoms with Gasteiger partial charge in [0.25, 0.3) is 5.88 Å².